The van der Waals surface area contributed by atoms with Crippen molar-refractivity contribution in [1.82, 2.24) is 5.32 Å². The Hall–Kier alpha value is -2.31. The number of esters is 1. The van der Waals surface area contributed by atoms with Gasteiger partial charge >= 0.3 is 12.1 Å². The van der Waals surface area contributed by atoms with E-state index >= 15 is 0 Å². The molecule has 0 radical (unpaired) electrons. The molecular weight excluding hydrogens is 299 g/mol. The molecular formula is C15H16F3NO3. The van der Waals surface area contributed by atoms with E-state index in [0.717, 1.165) is 18.2 Å². The van der Waals surface area contributed by atoms with Gasteiger partial charge in [0.15, 0.2) is 6.61 Å². The zero-order valence-corrected chi connectivity index (χ0v) is 12.1. The zero-order chi connectivity index (χ0) is 16.8. The van der Waals surface area contributed by atoms with Gasteiger partial charge in [-0.3, -0.25) is 4.79 Å². The van der Waals surface area contributed by atoms with Crippen LogP contribution in [0.5, 0.6) is 0 Å². The van der Waals surface area contributed by atoms with Crippen LogP contribution in [0.1, 0.15) is 25.0 Å². The van der Waals surface area contributed by atoms with Crippen LogP contribution in [-0.2, 0) is 20.5 Å². The highest BCUT2D eigenvalue weighted by Crippen LogP contribution is 2.29. The largest absolute Gasteiger partial charge is 0.452 e. The van der Waals surface area contributed by atoms with Crippen LogP contribution in [0.3, 0.4) is 0 Å². The first-order valence-corrected chi connectivity index (χ1v) is 6.50. The van der Waals surface area contributed by atoms with Gasteiger partial charge in [-0.1, -0.05) is 12.1 Å². The first-order valence-electron chi connectivity index (χ1n) is 6.50. The van der Waals surface area contributed by atoms with E-state index in [0.29, 0.717) is 0 Å². The molecule has 0 fully saturated rings. The lowest BCUT2D eigenvalue weighted by atomic mass is 10.1. The summed E-state index contributed by atoms with van der Waals surface area (Å²) in [4.78, 5) is 22.6. The number of amides is 1. The first kappa shape index (κ1) is 17.7. The minimum Gasteiger partial charge on any atom is -0.452 e. The summed E-state index contributed by atoms with van der Waals surface area (Å²) in [5.74, 6) is -1.26. The van der Waals surface area contributed by atoms with Gasteiger partial charge in [-0.25, -0.2) is 4.79 Å². The van der Waals surface area contributed by atoms with E-state index in [2.05, 4.69) is 10.1 Å². The van der Waals surface area contributed by atoms with Gasteiger partial charge in [-0.05, 0) is 37.6 Å². The highest BCUT2D eigenvalue weighted by atomic mass is 19.4. The molecule has 1 aromatic carbocycles. The number of hydrogen-bond acceptors (Lipinski definition) is 3. The monoisotopic (exact) mass is 315 g/mol. The molecule has 7 heteroatoms. The number of hydrogen-bond donors (Lipinski definition) is 1. The number of carbonyl (C=O) groups excluding carboxylic acids is 2. The molecule has 1 amide bonds. The Bertz CT molecular complexity index is 565. The van der Waals surface area contributed by atoms with Crippen molar-refractivity contribution in [3.8, 4) is 0 Å². The summed E-state index contributed by atoms with van der Waals surface area (Å²) in [7, 11) is 0. The van der Waals surface area contributed by atoms with Crippen LogP contribution in [0.25, 0.3) is 6.08 Å². The van der Waals surface area contributed by atoms with Crippen LogP contribution in [0.2, 0.25) is 0 Å². The number of benzene rings is 1. The standard InChI is InChI=1S/C15H16F3NO3/c1-10(2)19-13(20)9-22-14(21)7-6-11-4-3-5-12(8-11)15(16,17)18/h3-8,10H,9H2,1-2H3,(H,19,20)/b7-6+. The van der Waals surface area contributed by atoms with E-state index in [1.54, 1.807) is 13.8 Å². The first-order chi connectivity index (χ1) is 10.2. The van der Waals surface area contributed by atoms with Crippen molar-refractivity contribution in [2.75, 3.05) is 6.61 Å². The molecule has 22 heavy (non-hydrogen) atoms. The van der Waals surface area contributed by atoms with Crippen LogP contribution < -0.4 is 5.32 Å². The van der Waals surface area contributed by atoms with Gasteiger partial charge in [0, 0.05) is 12.1 Å². The van der Waals surface area contributed by atoms with Crippen molar-refractivity contribution in [3.05, 3.63) is 41.5 Å². The number of ether oxygens (including phenoxy) is 1. The summed E-state index contributed by atoms with van der Waals surface area (Å²) in [5, 5.41) is 2.53. The van der Waals surface area contributed by atoms with E-state index in [1.165, 1.54) is 18.2 Å². The molecule has 0 aliphatic rings. The van der Waals surface area contributed by atoms with Gasteiger partial charge in [0.2, 0.25) is 0 Å². The quantitative estimate of drug-likeness (QED) is 0.671. The van der Waals surface area contributed by atoms with Gasteiger partial charge < -0.3 is 10.1 Å². The fraction of sp³-hybridized carbons (Fsp3) is 0.333. The van der Waals surface area contributed by atoms with Gasteiger partial charge in [0.05, 0.1) is 5.56 Å². The third-order valence-electron chi connectivity index (χ3n) is 2.42. The van der Waals surface area contributed by atoms with Crippen molar-refractivity contribution >= 4 is 18.0 Å². The highest BCUT2D eigenvalue weighted by molar-refractivity contribution is 5.89. The van der Waals surface area contributed by atoms with Crippen LogP contribution in [0.15, 0.2) is 30.3 Å². The Morgan fingerprint density at radius 3 is 2.59 bits per heavy atom. The molecule has 0 heterocycles. The van der Waals surface area contributed by atoms with Gasteiger partial charge in [-0.15, -0.1) is 0 Å². The van der Waals surface area contributed by atoms with Crippen LogP contribution in [0, 0.1) is 0 Å². The van der Waals surface area contributed by atoms with Crippen molar-refractivity contribution in [2.24, 2.45) is 0 Å². The van der Waals surface area contributed by atoms with Crippen LogP contribution in [-0.4, -0.2) is 24.5 Å². The van der Waals surface area contributed by atoms with Gasteiger partial charge in [0.25, 0.3) is 5.91 Å². The molecule has 0 saturated carbocycles. The van der Waals surface area contributed by atoms with Gasteiger partial charge in [-0.2, -0.15) is 13.2 Å². The number of carbonyl (C=O) groups is 2. The number of nitrogens with one attached hydrogen (secondary N) is 1. The molecule has 1 rings (SSSR count). The SMILES string of the molecule is CC(C)NC(=O)COC(=O)/C=C/c1cccc(C(F)(F)F)c1. The second kappa shape index (κ2) is 7.63. The third-order valence-corrected chi connectivity index (χ3v) is 2.42. The number of halogens is 3. The highest BCUT2D eigenvalue weighted by Gasteiger charge is 2.30. The molecule has 1 N–H and O–H groups in total. The maximum Gasteiger partial charge on any atom is 0.416 e. The maximum atomic E-state index is 12.5. The molecule has 0 atom stereocenters. The minimum absolute atomic E-state index is 0.0770. The van der Waals surface area contributed by atoms with Crippen molar-refractivity contribution in [1.29, 1.82) is 0 Å². The number of rotatable bonds is 5. The summed E-state index contributed by atoms with van der Waals surface area (Å²) in [6.07, 6.45) is -2.28. The van der Waals surface area contributed by atoms with Crippen molar-refractivity contribution in [2.45, 2.75) is 26.1 Å². The minimum atomic E-state index is -4.45. The molecule has 0 aliphatic carbocycles. The van der Waals surface area contributed by atoms with Crippen molar-refractivity contribution < 1.29 is 27.5 Å². The molecule has 0 spiro atoms. The lowest BCUT2D eigenvalue weighted by Gasteiger charge is -2.08. The van der Waals surface area contributed by atoms with Crippen LogP contribution >= 0.6 is 0 Å². The average molecular weight is 315 g/mol. The van der Waals surface area contributed by atoms with Gasteiger partial charge in [0.1, 0.15) is 0 Å². The summed E-state index contributed by atoms with van der Waals surface area (Å²) in [6, 6.07) is 4.43. The van der Waals surface area contributed by atoms with E-state index in [1.807, 2.05) is 0 Å². The fourth-order valence-electron chi connectivity index (χ4n) is 1.53. The molecule has 120 valence electrons. The third kappa shape index (κ3) is 6.43. The molecule has 0 saturated heterocycles. The summed E-state index contributed by atoms with van der Waals surface area (Å²) < 4.78 is 42.2. The van der Waals surface area contributed by atoms with E-state index in [-0.39, 0.29) is 11.6 Å². The second-order valence-electron chi connectivity index (χ2n) is 4.79. The molecule has 1 aromatic rings. The zero-order valence-electron chi connectivity index (χ0n) is 12.1. The summed E-state index contributed by atoms with van der Waals surface area (Å²) in [6.45, 7) is 3.07. The Morgan fingerprint density at radius 1 is 1.32 bits per heavy atom. The Morgan fingerprint density at radius 2 is 2.00 bits per heavy atom. The molecule has 4 nitrogen and oxygen atoms in total. The van der Waals surface area contributed by atoms with E-state index < -0.39 is 30.2 Å². The summed E-state index contributed by atoms with van der Waals surface area (Å²) in [5.41, 5.74) is -0.599. The topological polar surface area (TPSA) is 55.4 Å². The Kier molecular flexibility index (Phi) is 6.15. The molecule has 0 aromatic heterocycles. The molecule has 0 unspecified atom stereocenters. The van der Waals surface area contributed by atoms with Crippen LogP contribution in [0.4, 0.5) is 13.2 Å². The predicted octanol–water partition coefficient (Wildman–Crippen LogP) is 2.79. The second-order valence-corrected chi connectivity index (χ2v) is 4.79. The van der Waals surface area contributed by atoms with E-state index in [4.69, 9.17) is 0 Å². The maximum absolute atomic E-state index is 12.5. The number of alkyl halides is 3. The molecule has 0 aliphatic heterocycles. The normalized spacial score (nSPS) is 11.7. The average Bonchev–Trinajstić information content (AvgIpc) is 2.41. The fourth-order valence-corrected chi connectivity index (χ4v) is 1.53. The predicted molar refractivity (Wildman–Crippen MR) is 74.7 cm³/mol. The lowest BCUT2D eigenvalue weighted by Crippen LogP contribution is -2.33. The summed E-state index contributed by atoms with van der Waals surface area (Å²) >= 11 is 0. The smallest absolute Gasteiger partial charge is 0.416 e. The Balaban J connectivity index is 2.58. The lowest BCUT2D eigenvalue weighted by molar-refractivity contribution is -0.143. The molecule has 0 bridgehead atoms. The van der Waals surface area contributed by atoms with E-state index in [9.17, 15) is 22.8 Å². The van der Waals surface area contributed by atoms with Crippen molar-refractivity contribution in [3.63, 3.8) is 0 Å². The Labute approximate surface area is 126 Å².